The first kappa shape index (κ1) is 17.4. The van der Waals surface area contributed by atoms with Crippen molar-refractivity contribution < 1.29 is 4.79 Å². The summed E-state index contributed by atoms with van der Waals surface area (Å²) in [7, 11) is 0. The number of hydrogen-bond acceptors (Lipinski definition) is 3. The Morgan fingerprint density at radius 3 is 2.65 bits per heavy atom. The van der Waals surface area contributed by atoms with Crippen LogP contribution in [0.1, 0.15) is 59.8 Å². The molecular weight excluding hydrogens is 250 g/mol. The van der Waals surface area contributed by atoms with Gasteiger partial charge < -0.3 is 16.0 Å². The van der Waals surface area contributed by atoms with Gasteiger partial charge >= 0.3 is 0 Å². The van der Waals surface area contributed by atoms with E-state index in [-0.39, 0.29) is 5.91 Å². The summed E-state index contributed by atoms with van der Waals surface area (Å²) in [5.41, 5.74) is 5.21. The molecule has 4 heteroatoms. The normalized spacial score (nSPS) is 28.6. The van der Waals surface area contributed by atoms with E-state index in [1.807, 2.05) is 6.92 Å². The lowest BCUT2D eigenvalue weighted by Crippen LogP contribution is -2.60. The van der Waals surface area contributed by atoms with E-state index in [0.29, 0.717) is 12.0 Å². The van der Waals surface area contributed by atoms with Crippen LogP contribution in [-0.2, 0) is 4.79 Å². The molecule has 1 saturated carbocycles. The first-order valence-electron chi connectivity index (χ1n) is 8.28. The Balaban J connectivity index is 2.77. The van der Waals surface area contributed by atoms with Crippen LogP contribution in [0.15, 0.2) is 0 Å². The van der Waals surface area contributed by atoms with Crippen molar-refractivity contribution in [2.75, 3.05) is 19.6 Å². The van der Waals surface area contributed by atoms with Crippen molar-refractivity contribution in [1.29, 1.82) is 0 Å². The van der Waals surface area contributed by atoms with Gasteiger partial charge in [0.25, 0.3) is 0 Å². The molecule has 118 valence electrons. The molecule has 3 unspecified atom stereocenters. The average Bonchev–Trinajstić information content (AvgIpc) is 2.44. The van der Waals surface area contributed by atoms with E-state index in [0.717, 1.165) is 38.9 Å². The van der Waals surface area contributed by atoms with Crippen molar-refractivity contribution in [2.24, 2.45) is 11.7 Å². The molecule has 1 amide bonds. The molecule has 1 aliphatic rings. The highest BCUT2D eigenvalue weighted by Gasteiger charge is 2.42. The van der Waals surface area contributed by atoms with Gasteiger partial charge in [-0.25, -0.2) is 0 Å². The third-order valence-corrected chi connectivity index (χ3v) is 4.88. The molecule has 0 aromatic heterocycles. The number of nitrogens with one attached hydrogen (secondary N) is 1. The predicted octanol–water partition coefficient (Wildman–Crippen LogP) is 2.13. The van der Waals surface area contributed by atoms with E-state index < -0.39 is 5.54 Å². The van der Waals surface area contributed by atoms with Gasteiger partial charge in [0.1, 0.15) is 0 Å². The minimum absolute atomic E-state index is 0.177. The lowest BCUT2D eigenvalue weighted by atomic mass is 9.77. The van der Waals surface area contributed by atoms with Gasteiger partial charge in [0.2, 0.25) is 5.91 Å². The van der Waals surface area contributed by atoms with Crippen LogP contribution in [0, 0.1) is 5.92 Å². The lowest BCUT2D eigenvalue weighted by molar-refractivity contribution is -0.126. The number of hydrogen-bond donors (Lipinski definition) is 2. The van der Waals surface area contributed by atoms with Crippen LogP contribution in [0.5, 0.6) is 0 Å². The van der Waals surface area contributed by atoms with Crippen LogP contribution in [0.3, 0.4) is 0 Å². The van der Waals surface area contributed by atoms with E-state index in [1.165, 1.54) is 12.8 Å². The molecule has 20 heavy (non-hydrogen) atoms. The average molecular weight is 283 g/mol. The molecular formula is C16H33N3O. The number of primary amides is 1. The molecule has 0 heterocycles. The summed E-state index contributed by atoms with van der Waals surface area (Å²) in [5, 5.41) is 3.37. The molecule has 0 bridgehead atoms. The Hall–Kier alpha value is -0.610. The first-order valence-corrected chi connectivity index (χ1v) is 8.28. The highest BCUT2D eigenvalue weighted by atomic mass is 16.1. The number of nitrogens with two attached hydrogens (primary N) is 1. The molecule has 0 aromatic carbocycles. The first-order chi connectivity index (χ1) is 9.49. The maximum absolute atomic E-state index is 11.9. The monoisotopic (exact) mass is 283 g/mol. The van der Waals surface area contributed by atoms with Gasteiger partial charge in [0, 0.05) is 12.6 Å². The van der Waals surface area contributed by atoms with Crippen molar-refractivity contribution in [2.45, 2.75) is 71.4 Å². The highest BCUT2D eigenvalue weighted by molar-refractivity contribution is 5.84. The van der Waals surface area contributed by atoms with E-state index in [9.17, 15) is 4.79 Å². The highest BCUT2D eigenvalue weighted by Crippen LogP contribution is 2.31. The fraction of sp³-hybridized carbons (Fsp3) is 0.938. The summed E-state index contributed by atoms with van der Waals surface area (Å²) in [5.74, 6) is 0.530. The van der Waals surface area contributed by atoms with E-state index in [2.05, 4.69) is 31.0 Å². The van der Waals surface area contributed by atoms with Crippen LogP contribution in [0.25, 0.3) is 0 Å². The zero-order valence-electron chi connectivity index (χ0n) is 13.7. The Bertz CT molecular complexity index is 304. The zero-order chi connectivity index (χ0) is 15.2. The van der Waals surface area contributed by atoms with E-state index in [1.54, 1.807) is 0 Å². The summed E-state index contributed by atoms with van der Waals surface area (Å²) in [6.45, 7) is 11.8. The van der Waals surface area contributed by atoms with Gasteiger partial charge in [-0.3, -0.25) is 4.79 Å². The van der Waals surface area contributed by atoms with Crippen molar-refractivity contribution in [1.82, 2.24) is 10.2 Å². The second-order valence-electron chi connectivity index (χ2n) is 6.33. The lowest BCUT2D eigenvalue weighted by Gasteiger charge is -2.44. The number of amides is 1. The fourth-order valence-electron chi connectivity index (χ4n) is 3.43. The molecule has 0 saturated heterocycles. The largest absolute Gasteiger partial charge is 0.368 e. The SMILES string of the molecule is CCNC1(C(N)=O)CCCC(N(CC)CC(C)CC)C1. The topological polar surface area (TPSA) is 58.4 Å². The number of carbonyl (C=O) groups is 1. The molecule has 1 rings (SSSR count). The van der Waals surface area contributed by atoms with Crippen LogP contribution in [-0.4, -0.2) is 42.0 Å². The van der Waals surface area contributed by atoms with Gasteiger partial charge in [-0.05, 0) is 44.7 Å². The summed E-state index contributed by atoms with van der Waals surface area (Å²) < 4.78 is 0. The third-order valence-electron chi connectivity index (χ3n) is 4.88. The van der Waals surface area contributed by atoms with Crippen molar-refractivity contribution in [3.63, 3.8) is 0 Å². The van der Waals surface area contributed by atoms with Crippen LogP contribution in [0.4, 0.5) is 0 Å². The number of rotatable bonds is 8. The van der Waals surface area contributed by atoms with Gasteiger partial charge in [-0.1, -0.05) is 34.1 Å². The minimum Gasteiger partial charge on any atom is -0.368 e. The van der Waals surface area contributed by atoms with Crippen LogP contribution < -0.4 is 11.1 Å². The molecule has 4 nitrogen and oxygen atoms in total. The molecule has 0 aliphatic heterocycles. The van der Waals surface area contributed by atoms with Crippen LogP contribution >= 0.6 is 0 Å². The summed E-state index contributed by atoms with van der Waals surface area (Å²) in [6, 6.07) is 0.481. The molecule has 3 N–H and O–H groups in total. The van der Waals surface area contributed by atoms with Crippen molar-refractivity contribution >= 4 is 5.91 Å². The Morgan fingerprint density at radius 2 is 2.15 bits per heavy atom. The number of carbonyl (C=O) groups excluding carboxylic acids is 1. The number of nitrogens with zero attached hydrogens (tertiary/aromatic N) is 1. The minimum atomic E-state index is -0.486. The molecule has 0 spiro atoms. The second-order valence-corrected chi connectivity index (χ2v) is 6.33. The Kier molecular flexibility index (Phi) is 6.96. The number of likely N-dealkylation sites (N-methyl/N-ethyl adjacent to an activating group) is 1. The Labute approximate surface area is 124 Å². The van der Waals surface area contributed by atoms with Gasteiger partial charge in [-0.15, -0.1) is 0 Å². The third kappa shape index (κ3) is 4.19. The van der Waals surface area contributed by atoms with Gasteiger partial charge in [0.05, 0.1) is 5.54 Å². The quantitative estimate of drug-likeness (QED) is 0.717. The fourth-order valence-corrected chi connectivity index (χ4v) is 3.43. The van der Waals surface area contributed by atoms with Gasteiger partial charge in [-0.2, -0.15) is 0 Å². The molecule has 3 atom stereocenters. The van der Waals surface area contributed by atoms with Gasteiger partial charge in [0.15, 0.2) is 0 Å². The summed E-state index contributed by atoms with van der Waals surface area (Å²) in [4.78, 5) is 14.5. The predicted molar refractivity (Wildman–Crippen MR) is 84.6 cm³/mol. The van der Waals surface area contributed by atoms with E-state index >= 15 is 0 Å². The summed E-state index contributed by atoms with van der Waals surface area (Å²) >= 11 is 0. The smallest absolute Gasteiger partial charge is 0.237 e. The second kappa shape index (κ2) is 7.99. The molecule has 1 fully saturated rings. The van der Waals surface area contributed by atoms with E-state index in [4.69, 9.17) is 5.73 Å². The molecule has 0 radical (unpaired) electrons. The van der Waals surface area contributed by atoms with Crippen molar-refractivity contribution in [3.8, 4) is 0 Å². The standard InChI is InChI=1S/C16H33N3O/c1-5-13(4)12-19(7-3)14-9-8-10-16(11-14,15(17)20)18-6-2/h13-14,18H,5-12H2,1-4H3,(H2,17,20). The molecule has 1 aliphatic carbocycles. The maximum Gasteiger partial charge on any atom is 0.237 e. The molecule has 0 aromatic rings. The van der Waals surface area contributed by atoms with Crippen LogP contribution in [0.2, 0.25) is 0 Å². The Morgan fingerprint density at radius 1 is 1.45 bits per heavy atom. The van der Waals surface area contributed by atoms with Crippen molar-refractivity contribution in [3.05, 3.63) is 0 Å². The summed E-state index contributed by atoms with van der Waals surface area (Å²) in [6.07, 6.45) is 5.22. The maximum atomic E-state index is 11.9. The zero-order valence-corrected chi connectivity index (χ0v) is 13.7.